The number of carbonyl (C=O) groups is 1. The molecule has 1 atom stereocenters. The largest absolute Gasteiger partial charge is 0.353 e. The number of benzene rings is 1. The maximum atomic E-state index is 13.3. The van der Waals surface area contributed by atoms with Gasteiger partial charge in [-0.15, -0.1) is 0 Å². The van der Waals surface area contributed by atoms with Gasteiger partial charge in [-0.25, -0.2) is 13.4 Å². The number of aryl methyl sites for hydroxylation is 1. The fourth-order valence-corrected chi connectivity index (χ4v) is 6.22. The van der Waals surface area contributed by atoms with Crippen LogP contribution in [-0.2, 0) is 9.84 Å². The van der Waals surface area contributed by atoms with Gasteiger partial charge in [0, 0.05) is 32.4 Å². The fourth-order valence-electron chi connectivity index (χ4n) is 4.53. The van der Waals surface area contributed by atoms with E-state index in [0.717, 1.165) is 22.6 Å². The van der Waals surface area contributed by atoms with E-state index >= 15 is 0 Å². The van der Waals surface area contributed by atoms with Gasteiger partial charge in [0.15, 0.2) is 15.5 Å². The highest BCUT2D eigenvalue weighted by Crippen LogP contribution is 2.30. The summed E-state index contributed by atoms with van der Waals surface area (Å²) in [6, 6.07) is 15.4. The molecule has 2 aromatic heterocycles. The molecule has 1 amide bonds. The van der Waals surface area contributed by atoms with Crippen LogP contribution in [0.15, 0.2) is 54.7 Å². The summed E-state index contributed by atoms with van der Waals surface area (Å²) in [5.74, 6) is 1.01. The summed E-state index contributed by atoms with van der Waals surface area (Å²) in [5, 5.41) is 4.64. The summed E-state index contributed by atoms with van der Waals surface area (Å²) >= 11 is 0. The van der Waals surface area contributed by atoms with Gasteiger partial charge in [0.25, 0.3) is 5.91 Å². The Kier molecular flexibility index (Phi) is 5.65. The lowest BCUT2D eigenvalue weighted by molar-refractivity contribution is 0.0739. The Balaban J connectivity index is 1.39. The molecule has 172 valence electrons. The summed E-state index contributed by atoms with van der Waals surface area (Å²) in [6.45, 7) is 4.59. The minimum absolute atomic E-state index is 0.0594. The van der Waals surface area contributed by atoms with E-state index in [2.05, 4.69) is 15.0 Å². The first-order valence-corrected chi connectivity index (χ1v) is 13.0. The average Bonchev–Trinajstić information content (AvgIpc) is 3.43. The Morgan fingerprint density at radius 3 is 2.42 bits per heavy atom. The molecule has 9 heteroatoms. The minimum atomic E-state index is -3.08. The first-order chi connectivity index (χ1) is 15.9. The predicted octanol–water partition coefficient (Wildman–Crippen LogP) is 2.58. The molecule has 8 nitrogen and oxygen atoms in total. The molecule has 0 radical (unpaired) electrons. The number of sulfone groups is 1. The second-order valence-electron chi connectivity index (χ2n) is 8.75. The number of carbonyl (C=O) groups excluding carboxylic acids is 1. The molecule has 0 saturated carbocycles. The first-order valence-electron chi connectivity index (χ1n) is 11.2. The van der Waals surface area contributed by atoms with Crippen molar-refractivity contribution in [1.29, 1.82) is 0 Å². The average molecular weight is 466 g/mol. The molecule has 2 saturated heterocycles. The van der Waals surface area contributed by atoms with Gasteiger partial charge in [-0.3, -0.25) is 9.48 Å². The molecule has 33 heavy (non-hydrogen) atoms. The zero-order valence-corrected chi connectivity index (χ0v) is 19.4. The predicted molar refractivity (Wildman–Crippen MR) is 127 cm³/mol. The first kappa shape index (κ1) is 21.6. The van der Waals surface area contributed by atoms with E-state index in [1.165, 1.54) is 0 Å². The van der Waals surface area contributed by atoms with Gasteiger partial charge in [-0.05, 0) is 37.1 Å². The van der Waals surface area contributed by atoms with Crippen LogP contribution in [-0.4, -0.2) is 71.7 Å². The highest BCUT2D eigenvalue weighted by atomic mass is 32.2. The van der Waals surface area contributed by atoms with Crippen molar-refractivity contribution < 1.29 is 13.2 Å². The number of nitrogens with zero attached hydrogens (tertiary/aromatic N) is 5. The Bertz CT molecular complexity index is 1250. The molecule has 2 aliphatic heterocycles. The van der Waals surface area contributed by atoms with E-state index in [0.29, 0.717) is 38.3 Å². The fraction of sp³-hybridized carbons (Fsp3) is 0.375. The Morgan fingerprint density at radius 2 is 1.79 bits per heavy atom. The standard InChI is InChI=1S/C24H27N5O3S/c1-18-5-7-19(8-6-18)22-16-21(26-29(22)20-9-15-33(31,32)17-20)24(30)28-13-11-27(12-14-28)23-4-2-3-10-25-23/h2-8,10,16,20H,9,11-15,17H2,1H3/t20-/m0/s1. The third-order valence-electron chi connectivity index (χ3n) is 6.40. The van der Waals surface area contributed by atoms with E-state index < -0.39 is 9.84 Å². The van der Waals surface area contributed by atoms with Crippen molar-refractivity contribution in [2.45, 2.75) is 19.4 Å². The third kappa shape index (κ3) is 4.50. The monoisotopic (exact) mass is 465 g/mol. The number of anilines is 1. The molecule has 4 heterocycles. The SMILES string of the molecule is Cc1ccc(-c2cc(C(=O)N3CCN(c4ccccn4)CC3)nn2[C@H]2CCS(=O)(=O)C2)cc1. The van der Waals surface area contributed by atoms with Crippen LogP contribution >= 0.6 is 0 Å². The summed E-state index contributed by atoms with van der Waals surface area (Å²) in [4.78, 5) is 21.7. The van der Waals surface area contributed by atoms with Gasteiger partial charge in [0.2, 0.25) is 0 Å². The lowest BCUT2D eigenvalue weighted by Crippen LogP contribution is -2.49. The molecule has 2 aliphatic rings. The van der Waals surface area contributed by atoms with Crippen molar-refractivity contribution in [3.8, 4) is 11.3 Å². The van der Waals surface area contributed by atoms with Crippen LogP contribution in [0.2, 0.25) is 0 Å². The van der Waals surface area contributed by atoms with Crippen molar-refractivity contribution in [1.82, 2.24) is 19.7 Å². The quantitative estimate of drug-likeness (QED) is 0.589. The van der Waals surface area contributed by atoms with Gasteiger partial charge in [-0.1, -0.05) is 35.9 Å². The van der Waals surface area contributed by atoms with Crippen LogP contribution in [0.1, 0.15) is 28.5 Å². The molecule has 0 N–H and O–H groups in total. The van der Waals surface area contributed by atoms with Gasteiger partial charge in [0.05, 0.1) is 23.2 Å². The summed E-state index contributed by atoms with van der Waals surface area (Å²) in [6.07, 6.45) is 2.29. The zero-order chi connectivity index (χ0) is 23.0. The number of aromatic nitrogens is 3. The number of rotatable bonds is 4. The summed E-state index contributed by atoms with van der Waals surface area (Å²) in [7, 11) is -3.08. The molecule has 1 aromatic carbocycles. The smallest absolute Gasteiger partial charge is 0.274 e. The normalized spacial score (nSPS) is 20.2. The van der Waals surface area contributed by atoms with E-state index in [1.54, 1.807) is 10.9 Å². The van der Waals surface area contributed by atoms with Gasteiger partial charge < -0.3 is 9.80 Å². The summed E-state index contributed by atoms with van der Waals surface area (Å²) in [5.41, 5.74) is 3.21. The summed E-state index contributed by atoms with van der Waals surface area (Å²) < 4.78 is 26.0. The maximum Gasteiger partial charge on any atom is 0.274 e. The van der Waals surface area contributed by atoms with Gasteiger partial charge in [0.1, 0.15) is 5.82 Å². The van der Waals surface area contributed by atoms with Crippen LogP contribution in [0, 0.1) is 6.92 Å². The Hall–Kier alpha value is -3.20. The van der Waals surface area contributed by atoms with E-state index in [-0.39, 0.29) is 23.5 Å². The second-order valence-corrected chi connectivity index (χ2v) is 11.0. The molecule has 0 spiro atoms. The van der Waals surface area contributed by atoms with Crippen LogP contribution in [0.5, 0.6) is 0 Å². The molecular weight excluding hydrogens is 438 g/mol. The zero-order valence-electron chi connectivity index (χ0n) is 18.6. The van der Waals surface area contributed by atoms with E-state index in [4.69, 9.17) is 0 Å². The lowest BCUT2D eigenvalue weighted by Gasteiger charge is -2.35. The third-order valence-corrected chi connectivity index (χ3v) is 8.15. The van der Waals surface area contributed by atoms with E-state index in [9.17, 15) is 13.2 Å². The van der Waals surface area contributed by atoms with Gasteiger partial charge >= 0.3 is 0 Å². The lowest BCUT2D eigenvalue weighted by atomic mass is 10.1. The van der Waals surface area contributed by atoms with Gasteiger partial charge in [-0.2, -0.15) is 5.10 Å². The maximum absolute atomic E-state index is 13.3. The molecular formula is C24H27N5O3S. The van der Waals surface area contributed by atoms with Crippen molar-refractivity contribution >= 4 is 21.6 Å². The number of hydrogen-bond acceptors (Lipinski definition) is 6. The van der Waals surface area contributed by atoms with Crippen molar-refractivity contribution in [2.24, 2.45) is 0 Å². The van der Waals surface area contributed by atoms with Crippen LogP contribution in [0.3, 0.4) is 0 Å². The van der Waals surface area contributed by atoms with Crippen LogP contribution in [0.4, 0.5) is 5.82 Å². The number of hydrogen-bond donors (Lipinski definition) is 0. The number of pyridine rings is 1. The van der Waals surface area contributed by atoms with Crippen molar-refractivity contribution in [3.63, 3.8) is 0 Å². The van der Waals surface area contributed by atoms with E-state index in [1.807, 2.05) is 60.4 Å². The Morgan fingerprint density at radius 1 is 1.03 bits per heavy atom. The molecule has 0 bridgehead atoms. The highest BCUT2D eigenvalue weighted by Gasteiger charge is 2.33. The van der Waals surface area contributed by atoms with Crippen molar-refractivity contribution in [2.75, 3.05) is 42.6 Å². The molecule has 2 fully saturated rings. The molecule has 5 rings (SSSR count). The van der Waals surface area contributed by atoms with Crippen LogP contribution in [0.25, 0.3) is 11.3 Å². The highest BCUT2D eigenvalue weighted by molar-refractivity contribution is 7.91. The number of piperazine rings is 1. The molecule has 0 aliphatic carbocycles. The molecule has 0 unspecified atom stereocenters. The number of amides is 1. The topological polar surface area (TPSA) is 88.4 Å². The second kappa shape index (κ2) is 8.62. The Labute approximate surface area is 193 Å². The minimum Gasteiger partial charge on any atom is -0.353 e. The van der Waals surface area contributed by atoms with Crippen molar-refractivity contribution in [3.05, 3.63) is 66.0 Å². The van der Waals surface area contributed by atoms with Crippen LogP contribution < -0.4 is 4.90 Å². The molecule has 3 aromatic rings.